The largest absolute Gasteiger partial charge is 0.386 e. The molecule has 0 aliphatic carbocycles. The van der Waals surface area contributed by atoms with Crippen molar-refractivity contribution in [3.8, 4) is 0 Å². The zero-order valence-electron chi connectivity index (χ0n) is 16.1. The van der Waals surface area contributed by atoms with E-state index in [9.17, 15) is 5.11 Å². The lowest BCUT2D eigenvalue weighted by Crippen LogP contribution is -2.32. The SMILES string of the molecule is Cc1ccc2c(c1)c1c(n2C(C)C(O)c2ccncc2)CCN2CCCC12. The fourth-order valence-electron chi connectivity index (χ4n) is 5.25. The van der Waals surface area contributed by atoms with Crippen molar-refractivity contribution < 1.29 is 5.11 Å². The van der Waals surface area contributed by atoms with Crippen molar-refractivity contribution in [3.63, 3.8) is 0 Å². The molecule has 5 rings (SSSR count). The number of aliphatic hydroxyl groups excluding tert-OH is 1. The first-order valence-corrected chi connectivity index (χ1v) is 10.1. The van der Waals surface area contributed by atoms with Crippen LogP contribution in [0.2, 0.25) is 0 Å². The van der Waals surface area contributed by atoms with Gasteiger partial charge in [0.05, 0.1) is 12.1 Å². The van der Waals surface area contributed by atoms with Crippen molar-refractivity contribution in [3.05, 3.63) is 65.1 Å². The molecule has 3 unspecified atom stereocenters. The number of benzene rings is 1. The Morgan fingerprint density at radius 2 is 1.96 bits per heavy atom. The highest BCUT2D eigenvalue weighted by molar-refractivity contribution is 5.87. The smallest absolute Gasteiger partial charge is 0.0995 e. The van der Waals surface area contributed by atoms with E-state index in [1.54, 1.807) is 12.4 Å². The van der Waals surface area contributed by atoms with Crippen LogP contribution in [0.15, 0.2) is 42.7 Å². The highest BCUT2D eigenvalue weighted by atomic mass is 16.3. The summed E-state index contributed by atoms with van der Waals surface area (Å²) >= 11 is 0. The maximum atomic E-state index is 11.1. The number of nitrogens with zero attached hydrogens (tertiary/aromatic N) is 3. The third-order valence-corrected chi connectivity index (χ3v) is 6.55. The average molecular weight is 361 g/mol. The van der Waals surface area contributed by atoms with Crippen LogP contribution < -0.4 is 0 Å². The second-order valence-electron chi connectivity index (χ2n) is 8.16. The van der Waals surface area contributed by atoms with Gasteiger partial charge in [0.1, 0.15) is 0 Å². The predicted octanol–water partition coefficient (Wildman–Crippen LogP) is 4.33. The third-order valence-electron chi connectivity index (χ3n) is 6.55. The van der Waals surface area contributed by atoms with E-state index in [1.165, 1.54) is 47.1 Å². The summed E-state index contributed by atoms with van der Waals surface area (Å²) in [7, 11) is 0. The molecule has 1 fully saturated rings. The van der Waals surface area contributed by atoms with Gasteiger partial charge < -0.3 is 9.67 Å². The van der Waals surface area contributed by atoms with Crippen molar-refractivity contribution in [2.75, 3.05) is 13.1 Å². The minimum Gasteiger partial charge on any atom is -0.386 e. The second kappa shape index (κ2) is 6.47. The minimum atomic E-state index is -0.546. The zero-order valence-corrected chi connectivity index (χ0v) is 16.1. The van der Waals surface area contributed by atoms with Crippen LogP contribution in [0.1, 0.15) is 60.3 Å². The van der Waals surface area contributed by atoms with Gasteiger partial charge in [-0.05, 0) is 68.6 Å². The van der Waals surface area contributed by atoms with Crippen LogP contribution in [0.3, 0.4) is 0 Å². The van der Waals surface area contributed by atoms with Gasteiger partial charge in [-0.3, -0.25) is 9.88 Å². The maximum Gasteiger partial charge on any atom is 0.0995 e. The number of aromatic nitrogens is 2. The standard InChI is InChI=1S/C23H27N3O/c1-15-5-6-19-18(14-15)22-20-4-3-12-25(20)13-9-21(22)26(19)16(2)23(27)17-7-10-24-11-8-17/h5-8,10-11,14,16,20,23,27H,3-4,9,12-13H2,1-2H3. The van der Waals surface area contributed by atoms with E-state index in [0.717, 1.165) is 18.5 Å². The number of aliphatic hydroxyl groups is 1. The molecule has 1 saturated heterocycles. The molecule has 3 aromatic rings. The van der Waals surface area contributed by atoms with Crippen molar-refractivity contribution >= 4 is 10.9 Å². The van der Waals surface area contributed by atoms with Gasteiger partial charge in [0.25, 0.3) is 0 Å². The highest BCUT2D eigenvalue weighted by Crippen LogP contribution is 2.45. The van der Waals surface area contributed by atoms with E-state index < -0.39 is 6.10 Å². The molecule has 2 aliphatic rings. The molecule has 0 bridgehead atoms. The summed E-state index contributed by atoms with van der Waals surface area (Å²) in [5, 5.41) is 12.5. The average Bonchev–Trinajstić information content (AvgIpc) is 3.29. The third kappa shape index (κ3) is 2.62. The van der Waals surface area contributed by atoms with Gasteiger partial charge in [0.15, 0.2) is 0 Å². The number of rotatable bonds is 3. The molecule has 27 heavy (non-hydrogen) atoms. The van der Waals surface area contributed by atoms with Crippen LogP contribution in [0, 0.1) is 6.92 Å². The summed E-state index contributed by atoms with van der Waals surface area (Å²) < 4.78 is 2.42. The molecular weight excluding hydrogens is 334 g/mol. The molecule has 0 radical (unpaired) electrons. The van der Waals surface area contributed by atoms with Crippen LogP contribution in [-0.2, 0) is 6.42 Å². The molecule has 140 valence electrons. The monoisotopic (exact) mass is 361 g/mol. The number of pyridine rings is 1. The molecule has 2 aliphatic heterocycles. The Bertz CT molecular complexity index is 978. The maximum absolute atomic E-state index is 11.1. The molecule has 1 aromatic carbocycles. The van der Waals surface area contributed by atoms with E-state index in [1.807, 2.05) is 12.1 Å². The lowest BCUT2D eigenvalue weighted by molar-refractivity contribution is 0.121. The van der Waals surface area contributed by atoms with Gasteiger partial charge in [-0.15, -0.1) is 0 Å². The number of hydrogen-bond acceptors (Lipinski definition) is 3. The van der Waals surface area contributed by atoms with Gasteiger partial charge in [-0.1, -0.05) is 11.6 Å². The first kappa shape index (κ1) is 17.0. The summed E-state index contributed by atoms with van der Waals surface area (Å²) in [5.74, 6) is 0. The Morgan fingerprint density at radius 1 is 1.15 bits per heavy atom. The number of aryl methyl sites for hydroxylation is 1. The summed E-state index contributed by atoms with van der Waals surface area (Å²) in [6, 6.07) is 11.2. The Hall–Kier alpha value is -2.17. The van der Waals surface area contributed by atoms with Gasteiger partial charge in [0, 0.05) is 48.0 Å². The molecule has 0 amide bonds. The van der Waals surface area contributed by atoms with E-state index in [2.05, 4.69) is 46.5 Å². The lowest BCUT2D eigenvalue weighted by atomic mass is 9.95. The fraction of sp³-hybridized carbons (Fsp3) is 0.435. The molecule has 4 nitrogen and oxygen atoms in total. The van der Waals surface area contributed by atoms with E-state index >= 15 is 0 Å². The Morgan fingerprint density at radius 3 is 2.78 bits per heavy atom. The zero-order chi connectivity index (χ0) is 18.5. The fourth-order valence-corrected chi connectivity index (χ4v) is 5.25. The molecule has 2 aromatic heterocycles. The van der Waals surface area contributed by atoms with Crippen molar-refractivity contribution in [1.29, 1.82) is 0 Å². The number of hydrogen-bond donors (Lipinski definition) is 1. The molecule has 4 heterocycles. The summed E-state index contributed by atoms with van der Waals surface area (Å²) in [4.78, 5) is 6.74. The lowest BCUT2D eigenvalue weighted by Gasteiger charge is -2.32. The van der Waals surface area contributed by atoms with Gasteiger partial charge >= 0.3 is 0 Å². The molecule has 4 heteroatoms. The Balaban J connectivity index is 1.69. The van der Waals surface area contributed by atoms with E-state index in [0.29, 0.717) is 6.04 Å². The van der Waals surface area contributed by atoms with Crippen LogP contribution in [0.5, 0.6) is 0 Å². The quantitative estimate of drug-likeness (QED) is 0.755. The highest BCUT2D eigenvalue weighted by Gasteiger charge is 2.36. The van der Waals surface area contributed by atoms with E-state index in [-0.39, 0.29) is 6.04 Å². The van der Waals surface area contributed by atoms with E-state index in [4.69, 9.17) is 0 Å². The van der Waals surface area contributed by atoms with Crippen molar-refractivity contribution in [2.24, 2.45) is 0 Å². The Kier molecular flexibility index (Phi) is 4.06. The van der Waals surface area contributed by atoms with Crippen molar-refractivity contribution in [1.82, 2.24) is 14.5 Å². The Labute approximate surface area is 160 Å². The first-order valence-electron chi connectivity index (χ1n) is 10.1. The van der Waals surface area contributed by atoms with Crippen LogP contribution >= 0.6 is 0 Å². The molecule has 3 atom stereocenters. The summed E-state index contributed by atoms with van der Waals surface area (Å²) in [6.07, 6.45) is 6.57. The van der Waals surface area contributed by atoms with Crippen molar-refractivity contribution in [2.45, 2.75) is 51.3 Å². The van der Waals surface area contributed by atoms with Crippen LogP contribution in [-0.4, -0.2) is 32.6 Å². The number of fused-ring (bicyclic) bond motifs is 5. The minimum absolute atomic E-state index is 0.0192. The topological polar surface area (TPSA) is 41.3 Å². The molecular formula is C23H27N3O. The van der Waals surface area contributed by atoms with Gasteiger partial charge in [-0.2, -0.15) is 0 Å². The first-order chi connectivity index (χ1) is 13.1. The summed E-state index contributed by atoms with van der Waals surface area (Å²) in [6.45, 7) is 6.67. The molecule has 0 saturated carbocycles. The summed E-state index contributed by atoms with van der Waals surface area (Å²) in [5.41, 5.74) is 6.45. The molecule has 0 spiro atoms. The van der Waals surface area contributed by atoms with Crippen LogP contribution in [0.4, 0.5) is 0 Å². The predicted molar refractivity (Wildman–Crippen MR) is 108 cm³/mol. The van der Waals surface area contributed by atoms with Crippen LogP contribution in [0.25, 0.3) is 10.9 Å². The second-order valence-corrected chi connectivity index (χ2v) is 8.16. The van der Waals surface area contributed by atoms with Gasteiger partial charge in [0.2, 0.25) is 0 Å². The molecule has 1 N–H and O–H groups in total. The van der Waals surface area contributed by atoms with Gasteiger partial charge in [-0.25, -0.2) is 0 Å². The normalized spacial score (nSPS) is 21.8.